The highest BCUT2D eigenvalue weighted by Crippen LogP contribution is 2.32. The molecule has 1 atom stereocenters. The van der Waals surface area contributed by atoms with Crippen LogP contribution in [0.3, 0.4) is 0 Å². The van der Waals surface area contributed by atoms with Gasteiger partial charge in [-0.15, -0.1) is 0 Å². The molecule has 1 unspecified atom stereocenters. The van der Waals surface area contributed by atoms with Crippen LogP contribution in [-0.4, -0.2) is 6.04 Å². The molecule has 0 saturated heterocycles. The molecule has 0 radical (unpaired) electrons. The zero-order valence-electron chi connectivity index (χ0n) is 12.0. The van der Waals surface area contributed by atoms with Crippen LogP contribution in [0.5, 0.6) is 0 Å². The van der Waals surface area contributed by atoms with Gasteiger partial charge in [-0.05, 0) is 48.7 Å². The van der Waals surface area contributed by atoms with Crippen molar-refractivity contribution in [3.8, 4) is 0 Å². The number of fused-ring (bicyclic) bond motifs is 1. The molecule has 102 valence electrons. The lowest BCUT2D eigenvalue weighted by atomic mass is 9.95. The number of nitrogens with zero attached hydrogens (tertiary/aromatic N) is 1. The molecule has 2 aromatic rings. The first-order valence-electron chi connectivity index (χ1n) is 7.05. The van der Waals surface area contributed by atoms with Gasteiger partial charge in [0.05, 0.1) is 0 Å². The van der Waals surface area contributed by atoms with Crippen LogP contribution >= 0.6 is 0 Å². The molecule has 1 aliphatic rings. The van der Waals surface area contributed by atoms with Crippen molar-refractivity contribution >= 4 is 11.8 Å². The molecule has 1 heterocycles. The van der Waals surface area contributed by atoms with Gasteiger partial charge in [-0.25, -0.2) is 0 Å². The monoisotopic (exact) mass is 264 g/mol. The first-order valence-corrected chi connectivity index (χ1v) is 7.05. The lowest BCUT2D eigenvalue weighted by Gasteiger charge is -2.34. The number of nitrogens with two attached hydrogens (primary N) is 1. The lowest BCUT2D eigenvalue weighted by molar-refractivity contribution is 0.765. The van der Waals surface area contributed by atoms with Crippen LogP contribution in [0.1, 0.15) is 23.6 Å². The fourth-order valence-electron chi connectivity index (χ4n) is 2.79. The van der Waals surface area contributed by atoms with Crippen molar-refractivity contribution in [1.29, 1.82) is 0 Å². The topological polar surface area (TPSA) is 29.3 Å². The highest BCUT2D eigenvalue weighted by Gasteiger charge is 2.22. The molecule has 2 nitrogen and oxygen atoms in total. The summed E-state index contributed by atoms with van der Waals surface area (Å²) >= 11 is 0. The minimum absolute atomic E-state index is 0.0175. The Kier molecular flexibility index (Phi) is 3.33. The van der Waals surface area contributed by atoms with E-state index < -0.39 is 0 Å². The number of rotatable bonds is 2. The second-order valence-electron chi connectivity index (χ2n) is 5.42. The minimum Gasteiger partial charge on any atom is -0.339 e. The highest BCUT2D eigenvalue weighted by molar-refractivity contribution is 5.70. The van der Waals surface area contributed by atoms with Crippen LogP contribution < -0.4 is 10.6 Å². The van der Waals surface area contributed by atoms with Crippen molar-refractivity contribution < 1.29 is 0 Å². The Hall–Kier alpha value is -2.06. The molecule has 0 aliphatic carbocycles. The maximum absolute atomic E-state index is 6.18. The van der Waals surface area contributed by atoms with Gasteiger partial charge in [0.1, 0.15) is 0 Å². The van der Waals surface area contributed by atoms with E-state index in [0.29, 0.717) is 0 Å². The predicted octanol–water partition coefficient (Wildman–Crippen LogP) is 3.70. The average molecular weight is 264 g/mol. The quantitative estimate of drug-likeness (QED) is 0.896. The van der Waals surface area contributed by atoms with E-state index in [-0.39, 0.29) is 6.04 Å². The number of hydrogen-bond donors (Lipinski definition) is 1. The molecule has 0 fully saturated rings. The molecule has 2 N–H and O–H groups in total. The Morgan fingerprint density at radius 1 is 1.05 bits per heavy atom. The molecular formula is C18H20N2. The summed E-state index contributed by atoms with van der Waals surface area (Å²) in [6.45, 7) is 5.11. The Balaban J connectivity index is 2.11. The minimum atomic E-state index is 0.0175. The molecule has 2 aromatic carbocycles. The standard InChI is InChI=1S/C18H20N2/c1-13-7-6-8-15-11-18(14(2)19)20(12-17(13)15)16-9-4-3-5-10-16/h3-11,14H,12,19H2,1-2H3. The normalized spacial score (nSPS) is 15.6. The summed E-state index contributed by atoms with van der Waals surface area (Å²) in [5.41, 5.74) is 12.6. The van der Waals surface area contributed by atoms with Gasteiger partial charge in [0.25, 0.3) is 0 Å². The van der Waals surface area contributed by atoms with E-state index in [2.05, 4.69) is 60.4 Å². The maximum Gasteiger partial charge on any atom is 0.0487 e. The summed E-state index contributed by atoms with van der Waals surface area (Å²) in [4.78, 5) is 2.32. The Morgan fingerprint density at radius 3 is 2.50 bits per heavy atom. The van der Waals surface area contributed by atoms with Crippen molar-refractivity contribution in [2.75, 3.05) is 4.90 Å². The van der Waals surface area contributed by atoms with Crippen molar-refractivity contribution in [3.63, 3.8) is 0 Å². The van der Waals surface area contributed by atoms with Crippen molar-refractivity contribution in [2.24, 2.45) is 5.73 Å². The smallest absolute Gasteiger partial charge is 0.0487 e. The zero-order valence-corrected chi connectivity index (χ0v) is 12.0. The summed E-state index contributed by atoms with van der Waals surface area (Å²) in [7, 11) is 0. The van der Waals surface area contributed by atoms with Crippen molar-refractivity contribution in [1.82, 2.24) is 0 Å². The van der Waals surface area contributed by atoms with E-state index >= 15 is 0 Å². The SMILES string of the molecule is Cc1cccc2c1CN(c1ccccc1)C(C(C)N)=C2. The summed E-state index contributed by atoms with van der Waals surface area (Å²) in [5, 5.41) is 0. The zero-order chi connectivity index (χ0) is 14.1. The van der Waals surface area contributed by atoms with Gasteiger partial charge in [-0.2, -0.15) is 0 Å². The summed E-state index contributed by atoms with van der Waals surface area (Å²) < 4.78 is 0. The van der Waals surface area contributed by atoms with E-state index in [0.717, 1.165) is 6.54 Å². The molecule has 0 bridgehead atoms. The third kappa shape index (κ3) is 2.23. The fraction of sp³-hybridized carbons (Fsp3) is 0.222. The first kappa shape index (κ1) is 12.9. The highest BCUT2D eigenvalue weighted by atomic mass is 15.2. The van der Waals surface area contributed by atoms with E-state index in [4.69, 9.17) is 5.73 Å². The molecule has 20 heavy (non-hydrogen) atoms. The van der Waals surface area contributed by atoms with Crippen molar-refractivity contribution in [3.05, 3.63) is 70.9 Å². The van der Waals surface area contributed by atoms with Crippen LogP contribution in [0.4, 0.5) is 5.69 Å². The Bertz CT molecular complexity index is 642. The largest absolute Gasteiger partial charge is 0.339 e. The molecule has 0 aromatic heterocycles. The third-order valence-corrected chi connectivity index (χ3v) is 3.91. The maximum atomic E-state index is 6.18. The van der Waals surface area contributed by atoms with Gasteiger partial charge in [0.15, 0.2) is 0 Å². The van der Waals surface area contributed by atoms with Crippen LogP contribution in [-0.2, 0) is 6.54 Å². The van der Waals surface area contributed by atoms with Crippen LogP contribution in [0.2, 0.25) is 0 Å². The van der Waals surface area contributed by atoms with Crippen LogP contribution in [0, 0.1) is 6.92 Å². The summed E-state index contributed by atoms with van der Waals surface area (Å²) in [6.07, 6.45) is 2.23. The second-order valence-corrected chi connectivity index (χ2v) is 5.42. The molecule has 3 rings (SSSR count). The van der Waals surface area contributed by atoms with Crippen molar-refractivity contribution in [2.45, 2.75) is 26.4 Å². The van der Waals surface area contributed by atoms with E-state index in [1.54, 1.807) is 0 Å². The van der Waals surface area contributed by atoms with Gasteiger partial charge in [-0.1, -0.05) is 36.4 Å². The van der Waals surface area contributed by atoms with E-state index in [1.165, 1.54) is 28.1 Å². The first-order chi connectivity index (χ1) is 9.66. The number of aryl methyl sites for hydroxylation is 1. The van der Waals surface area contributed by atoms with Crippen LogP contribution in [0.15, 0.2) is 54.2 Å². The number of benzene rings is 2. The summed E-state index contributed by atoms with van der Waals surface area (Å²) in [6, 6.07) is 16.9. The van der Waals surface area contributed by atoms with E-state index in [9.17, 15) is 0 Å². The number of hydrogen-bond acceptors (Lipinski definition) is 2. The lowest BCUT2D eigenvalue weighted by Crippen LogP contribution is -2.35. The van der Waals surface area contributed by atoms with Gasteiger partial charge < -0.3 is 10.6 Å². The molecule has 2 heteroatoms. The number of anilines is 1. The predicted molar refractivity (Wildman–Crippen MR) is 85.4 cm³/mol. The second kappa shape index (κ2) is 5.14. The Morgan fingerprint density at radius 2 is 1.80 bits per heavy atom. The molecular weight excluding hydrogens is 244 g/mol. The van der Waals surface area contributed by atoms with Gasteiger partial charge in [-0.3, -0.25) is 0 Å². The third-order valence-electron chi connectivity index (χ3n) is 3.91. The average Bonchev–Trinajstić information content (AvgIpc) is 2.47. The van der Waals surface area contributed by atoms with Gasteiger partial charge in [0.2, 0.25) is 0 Å². The molecule has 0 spiro atoms. The molecule has 0 amide bonds. The van der Waals surface area contributed by atoms with Gasteiger partial charge in [0, 0.05) is 24.0 Å². The fourth-order valence-corrected chi connectivity index (χ4v) is 2.79. The van der Waals surface area contributed by atoms with E-state index in [1.807, 2.05) is 13.0 Å². The number of para-hydroxylation sites is 1. The molecule has 0 saturated carbocycles. The van der Waals surface area contributed by atoms with Crippen LogP contribution in [0.25, 0.3) is 6.08 Å². The van der Waals surface area contributed by atoms with Gasteiger partial charge >= 0.3 is 0 Å². The molecule has 1 aliphatic heterocycles. The Labute approximate surface area is 120 Å². The summed E-state index contributed by atoms with van der Waals surface area (Å²) in [5.74, 6) is 0.